The number of furan rings is 1. The van der Waals surface area contributed by atoms with E-state index in [1.54, 1.807) is 31.5 Å². The van der Waals surface area contributed by atoms with Gasteiger partial charge < -0.3 is 19.0 Å². The zero-order valence-corrected chi connectivity index (χ0v) is 16.4. The summed E-state index contributed by atoms with van der Waals surface area (Å²) in [5.74, 6) is 3.24. The van der Waals surface area contributed by atoms with E-state index < -0.39 is 0 Å². The number of methoxy groups -OCH3 is 1. The Kier molecular flexibility index (Phi) is 5.97. The first-order chi connectivity index (χ1) is 14.2. The van der Waals surface area contributed by atoms with Gasteiger partial charge in [-0.05, 0) is 24.3 Å². The molecule has 0 radical (unpaired) electrons. The Balaban J connectivity index is 1.34. The Morgan fingerprint density at radius 3 is 2.90 bits per heavy atom. The van der Waals surface area contributed by atoms with Crippen molar-refractivity contribution >= 4 is 5.91 Å². The van der Waals surface area contributed by atoms with Crippen LogP contribution in [0.1, 0.15) is 33.7 Å². The highest BCUT2D eigenvalue weighted by Crippen LogP contribution is 2.15. The molecule has 0 unspecified atom stereocenters. The lowest BCUT2D eigenvalue weighted by atomic mass is 10.3. The Morgan fingerprint density at radius 1 is 1.17 bits per heavy atom. The number of aromatic nitrogens is 4. The number of hydrogen-bond donors (Lipinski definition) is 1. The fourth-order valence-corrected chi connectivity index (χ4v) is 3.41. The lowest BCUT2D eigenvalue weighted by molar-refractivity contribution is 0.0944. The van der Waals surface area contributed by atoms with Gasteiger partial charge in [-0.25, -0.2) is 0 Å². The Labute approximate surface area is 168 Å². The third kappa shape index (κ3) is 4.69. The molecule has 4 heterocycles. The Hall–Kier alpha value is -3.04. The van der Waals surface area contributed by atoms with Crippen molar-refractivity contribution in [1.29, 1.82) is 0 Å². The number of pyridine rings is 1. The van der Waals surface area contributed by atoms with Crippen molar-refractivity contribution in [3.8, 4) is 0 Å². The summed E-state index contributed by atoms with van der Waals surface area (Å²) >= 11 is 0. The maximum Gasteiger partial charge on any atom is 0.270 e. The number of hydrogen-bond acceptors (Lipinski definition) is 7. The minimum atomic E-state index is -0.220. The molecule has 0 spiro atoms. The second-order valence-electron chi connectivity index (χ2n) is 6.91. The van der Waals surface area contributed by atoms with Crippen LogP contribution in [0.25, 0.3) is 0 Å². The van der Waals surface area contributed by atoms with Crippen molar-refractivity contribution in [2.45, 2.75) is 32.7 Å². The molecule has 1 N–H and O–H groups in total. The van der Waals surface area contributed by atoms with Gasteiger partial charge in [-0.2, -0.15) is 0 Å². The van der Waals surface area contributed by atoms with E-state index in [9.17, 15) is 4.79 Å². The molecule has 0 aromatic carbocycles. The predicted octanol–water partition coefficient (Wildman–Crippen LogP) is 1.40. The number of fused-ring (bicyclic) bond motifs is 1. The highest BCUT2D eigenvalue weighted by molar-refractivity contribution is 5.92. The number of amides is 1. The third-order valence-corrected chi connectivity index (χ3v) is 4.88. The van der Waals surface area contributed by atoms with Gasteiger partial charge in [0.2, 0.25) is 0 Å². The molecule has 3 aromatic heterocycles. The van der Waals surface area contributed by atoms with E-state index in [2.05, 4.69) is 30.0 Å². The first kappa shape index (κ1) is 19.3. The predicted molar refractivity (Wildman–Crippen MR) is 104 cm³/mol. The van der Waals surface area contributed by atoms with Gasteiger partial charge in [0.1, 0.15) is 29.6 Å². The molecule has 9 nitrogen and oxygen atoms in total. The van der Waals surface area contributed by atoms with Crippen LogP contribution in [0, 0.1) is 0 Å². The van der Waals surface area contributed by atoms with Crippen molar-refractivity contribution in [2.75, 3.05) is 20.2 Å². The van der Waals surface area contributed by atoms with Gasteiger partial charge in [0.15, 0.2) is 5.82 Å². The van der Waals surface area contributed by atoms with Gasteiger partial charge in [0.05, 0.1) is 13.1 Å². The number of ether oxygens (including phenoxy) is 1. The highest BCUT2D eigenvalue weighted by atomic mass is 16.5. The van der Waals surface area contributed by atoms with Gasteiger partial charge >= 0.3 is 0 Å². The smallest absolute Gasteiger partial charge is 0.270 e. The van der Waals surface area contributed by atoms with Crippen LogP contribution in [0.3, 0.4) is 0 Å². The second kappa shape index (κ2) is 8.97. The van der Waals surface area contributed by atoms with Crippen LogP contribution in [0.15, 0.2) is 40.9 Å². The monoisotopic (exact) mass is 396 g/mol. The minimum Gasteiger partial charge on any atom is -0.462 e. The minimum absolute atomic E-state index is 0.220. The lowest BCUT2D eigenvalue weighted by Crippen LogP contribution is -2.28. The summed E-state index contributed by atoms with van der Waals surface area (Å²) < 4.78 is 13.0. The van der Waals surface area contributed by atoms with Crippen molar-refractivity contribution in [3.05, 3.63) is 65.4 Å². The van der Waals surface area contributed by atoms with Crippen LogP contribution in [0.2, 0.25) is 0 Å². The van der Waals surface area contributed by atoms with Gasteiger partial charge in [0.25, 0.3) is 5.91 Å². The molecule has 1 aliphatic rings. The standard InChI is InChI=1S/C20H24N6O3/c1-28-14-16-6-5-15(29-16)13-25-9-7-18-23-24-19(26(18)11-10-25)12-22-20(27)17-4-2-3-8-21-17/h2-6,8H,7,9-14H2,1H3,(H,22,27). The normalized spacial score (nSPS) is 14.4. The fourth-order valence-electron chi connectivity index (χ4n) is 3.41. The maximum atomic E-state index is 12.2. The van der Waals surface area contributed by atoms with Crippen LogP contribution < -0.4 is 5.32 Å². The average molecular weight is 396 g/mol. The zero-order valence-electron chi connectivity index (χ0n) is 16.4. The number of nitrogens with one attached hydrogen (secondary N) is 1. The highest BCUT2D eigenvalue weighted by Gasteiger charge is 2.20. The number of carbonyl (C=O) groups is 1. The van der Waals surface area contributed by atoms with E-state index in [1.807, 2.05) is 12.1 Å². The third-order valence-electron chi connectivity index (χ3n) is 4.88. The molecular formula is C20H24N6O3. The van der Waals surface area contributed by atoms with Crippen LogP contribution in [0.4, 0.5) is 0 Å². The lowest BCUT2D eigenvalue weighted by Gasteiger charge is -2.18. The SMILES string of the molecule is COCc1ccc(CN2CCc3nnc(CNC(=O)c4ccccn4)n3CC2)o1. The zero-order chi connectivity index (χ0) is 20.1. The largest absolute Gasteiger partial charge is 0.462 e. The molecule has 152 valence electrons. The van der Waals surface area contributed by atoms with E-state index in [4.69, 9.17) is 9.15 Å². The number of nitrogens with zero attached hydrogens (tertiary/aromatic N) is 5. The molecule has 0 saturated carbocycles. The average Bonchev–Trinajstić information content (AvgIpc) is 3.30. The van der Waals surface area contributed by atoms with Crippen molar-refractivity contribution in [2.24, 2.45) is 0 Å². The Morgan fingerprint density at radius 2 is 2.07 bits per heavy atom. The van der Waals surface area contributed by atoms with E-state index in [0.717, 1.165) is 55.8 Å². The van der Waals surface area contributed by atoms with Crippen LogP contribution in [0.5, 0.6) is 0 Å². The van der Waals surface area contributed by atoms with Gasteiger partial charge in [-0.1, -0.05) is 6.07 Å². The van der Waals surface area contributed by atoms with E-state index >= 15 is 0 Å². The Bertz CT molecular complexity index is 952. The molecule has 1 amide bonds. The molecule has 0 bridgehead atoms. The summed E-state index contributed by atoms with van der Waals surface area (Å²) in [5, 5.41) is 11.5. The summed E-state index contributed by atoms with van der Waals surface area (Å²) in [7, 11) is 1.66. The summed E-state index contributed by atoms with van der Waals surface area (Å²) in [5.41, 5.74) is 0.389. The van der Waals surface area contributed by atoms with Crippen molar-refractivity contribution in [1.82, 2.24) is 30.0 Å². The summed E-state index contributed by atoms with van der Waals surface area (Å²) in [6.45, 7) is 4.04. The molecule has 1 aliphatic heterocycles. The van der Waals surface area contributed by atoms with Crippen molar-refractivity contribution < 1.29 is 13.9 Å². The molecule has 0 fully saturated rings. The van der Waals surface area contributed by atoms with Gasteiger partial charge in [0, 0.05) is 39.4 Å². The van der Waals surface area contributed by atoms with E-state index in [1.165, 1.54) is 0 Å². The van der Waals surface area contributed by atoms with E-state index in [0.29, 0.717) is 18.8 Å². The van der Waals surface area contributed by atoms with Crippen LogP contribution in [-0.2, 0) is 37.4 Å². The van der Waals surface area contributed by atoms with Gasteiger partial charge in [-0.15, -0.1) is 10.2 Å². The second-order valence-corrected chi connectivity index (χ2v) is 6.91. The molecule has 0 saturated heterocycles. The summed E-state index contributed by atoms with van der Waals surface area (Å²) in [4.78, 5) is 18.6. The molecule has 29 heavy (non-hydrogen) atoms. The van der Waals surface area contributed by atoms with Crippen LogP contribution in [-0.4, -0.2) is 50.8 Å². The fraction of sp³-hybridized carbons (Fsp3) is 0.400. The van der Waals surface area contributed by atoms with Gasteiger partial charge in [-0.3, -0.25) is 14.7 Å². The van der Waals surface area contributed by atoms with Crippen molar-refractivity contribution in [3.63, 3.8) is 0 Å². The number of carbonyl (C=O) groups excluding carboxylic acids is 1. The topological polar surface area (TPSA) is 98.3 Å². The summed E-state index contributed by atoms with van der Waals surface area (Å²) in [6, 6.07) is 9.20. The molecule has 9 heteroatoms. The van der Waals surface area contributed by atoms with E-state index in [-0.39, 0.29) is 5.91 Å². The molecule has 0 aliphatic carbocycles. The first-order valence-corrected chi connectivity index (χ1v) is 9.62. The maximum absolute atomic E-state index is 12.2. The summed E-state index contributed by atoms with van der Waals surface area (Å²) in [6.07, 6.45) is 2.40. The quantitative estimate of drug-likeness (QED) is 0.645. The molecule has 4 rings (SSSR count). The number of rotatable bonds is 7. The van der Waals surface area contributed by atoms with Crippen LogP contribution >= 0.6 is 0 Å². The molecule has 0 atom stereocenters. The first-order valence-electron chi connectivity index (χ1n) is 9.62. The molecular weight excluding hydrogens is 372 g/mol. The molecule has 3 aromatic rings.